The third-order valence-corrected chi connectivity index (χ3v) is 13.4. The quantitative estimate of drug-likeness (QED) is 0.135. The number of aliphatic hydroxyl groups is 1. The maximum absolute atomic E-state index is 14.7. The number of esters is 1. The number of likely N-dealkylation sites (N-methyl/N-ethyl adjacent to an activating group) is 1. The van der Waals surface area contributed by atoms with Crippen LogP contribution in [0.3, 0.4) is 0 Å². The van der Waals surface area contributed by atoms with E-state index in [1.807, 2.05) is 52.0 Å². The molecule has 358 valence electrons. The molecule has 0 aliphatic carbocycles. The molecule has 3 aliphatic rings. The SMILES string of the molecule is C=CC(=O)N1CCC(O)(C(=O)N(C)[C@H](C(=O)N[C@H]2Cc3cc(O)cc(c3)-c3ccc4c(c3)c(c(-c3cccc(=O)n3C(C)C)n4CC)CC(C)(C)COC(=O)[C@@H]3CCCN(N3)C2=O)C(C)C)C1. The Kier molecular flexibility index (Phi) is 13.9. The molecular weight excluding hydrogens is 855 g/mol. The molecule has 2 aromatic heterocycles. The number of hydrogen-bond donors (Lipinski definition) is 4. The van der Waals surface area contributed by atoms with Crippen molar-refractivity contribution >= 4 is 40.5 Å². The topological polar surface area (TPSA) is 196 Å². The summed E-state index contributed by atoms with van der Waals surface area (Å²) in [6, 6.07) is 13.0. The average molecular weight is 920 g/mol. The first-order valence-electron chi connectivity index (χ1n) is 23.3. The fourth-order valence-corrected chi connectivity index (χ4v) is 10.1. The van der Waals surface area contributed by atoms with E-state index in [-0.39, 0.29) is 56.4 Å². The number of aryl methyl sites for hydroxylation is 1. The molecule has 4 aromatic rings. The van der Waals surface area contributed by atoms with Crippen LogP contribution < -0.4 is 16.3 Å². The molecule has 0 radical (unpaired) electrons. The number of cyclic esters (lactones) is 1. The summed E-state index contributed by atoms with van der Waals surface area (Å²) < 4.78 is 10.1. The number of rotatable bonds is 9. The highest BCUT2D eigenvalue weighted by atomic mass is 16.5. The number of amides is 4. The van der Waals surface area contributed by atoms with Crippen LogP contribution in [0.25, 0.3) is 33.4 Å². The van der Waals surface area contributed by atoms with E-state index in [2.05, 4.69) is 34.9 Å². The van der Waals surface area contributed by atoms with Gasteiger partial charge in [0, 0.05) is 67.9 Å². The second-order valence-electron chi connectivity index (χ2n) is 19.8. The fourth-order valence-electron chi connectivity index (χ4n) is 10.1. The first-order valence-corrected chi connectivity index (χ1v) is 23.3. The molecule has 1 unspecified atom stereocenters. The predicted molar refractivity (Wildman–Crippen MR) is 254 cm³/mol. The summed E-state index contributed by atoms with van der Waals surface area (Å²) in [5, 5.41) is 28.0. The van der Waals surface area contributed by atoms with Gasteiger partial charge in [-0.2, -0.15) is 0 Å². The normalized spacial score (nSPS) is 21.5. The van der Waals surface area contributed by atoms with Crippen molar-refractivity contribution in [3.05, 3.63) is 88.7 Å². The van der Waals surface area contributed by atoms with E-state index in [1.165, 1.54) is 27.9 Å². The van der Waals surface area contributed by atoms with Gasteiger partial charge >= 0.3 is 5.97 Å². The van der Waals surface area contributed by atoms with Crippen molar-refractivity contribution in [1.82, 2.24) is 34.7 Å². The summed E-state index contributed by atoms with van der Waals surface area (Å²) in [6.45, 7) is 17.8. The molecule has 2 aromatic carbocycles. The third-order valence-electron chi connectivity index (χ3n) is 13.4. The number of nitrogens with zero attached hydrogens (tertiary/aromatic N) is 5. The van der Waals surface area contributed by atoms with Crippen LogP contribution in [0.1, 0.15) is 84.9 Å². The number of ether oxygens (including phenoxy) is 1. The molecule has 67 heavy (non-hydrogen) atoms. The maximum atomic E-state index is 14.7. The van der Waals surface area contributed by atoms with E-state index in [0.717, 1.165) is 39.5 Å². The van der Waals surface area contributed by atoms with Crippen LogP contribution in [0.5, 0.6) is 5.75 Å². The number of phenolic OH excluding ortho intramolecular Hbond substituents is 1. The van der Waals surface area contributed by atoms with E-state index in [4.69, 9.17) is 4.74 Å². The van der Waals surface area contributed by atoms with E-state index < -0.39 is 64.7 Å². The number of carbonyl (C=O) groups excluding carboxylic acids is 5. The van der Waals surface area contributed by atoms with Crippen LogP contribution in [-0.4, -0.2) is 121 Å². The molecule has 0 spiro atoms. The molecule has 2 saturated heterocycles. The molecule has 6 bridgehead atoms. The largest absolute Gasteiger partial charge is 0.508 e. The summed E-state index contributed by atoms with van der Waals surface area (Å²) in [5.41, 5.74) is 5.96. The van der Waals surface area contributed by atoms with Gasteiger partial charge in [-0.15, -0.1) is 0 Å². The van der Waals surface area contributed by atoms with Crippen molar-refractivity contribution in [1.29, 1.82) is 0 Å². The lowest BCUT2D eigenvalue weighted by molar-refractivity contribution is -0.156. The maximum Gasteiger partial charge on any atom is 0.324 e. The highest BCUT2D eigenvalue weighted by molar-refractivity contribution is 5.97. The number of benzene rings is 2. The second-order valence-corrected chi connectivity index (χ2v) is 19.8. The number of hydrogen-bond acceptors (Lipinski definition) is 10. The zero-order valence-electron chi connectivity index (χ0n) is 39.9. The molecule has 5 heterocycles. The fraction of sp³-hybridized carbons (Fsp3) is 0.490. The monoisotopic (exact) mass is 919 g/mol. The van der Waals surface area contributed by atoms with Crippen molar-refractivity contribution in [2.24, 2.45) is 11.3 Å². The average Bonchev–Trinajstić information content (AvgIpc) is 3.83. The summed E-state index contributed by atoms with van der Waals surface area (Å²) in [5.74, 6) is -3.43. The number of nitrogens with one attached hydrogen (secondary N) is 2. The predicted octanol–water partition coefficient (Wildman–Crippen LogP) is 4.72. The lowest BCUT2D eigenvalue weighted by atomic mass is 9.84. The standard InChI is InChI=1S/C51H65N7O9/c1-10-42(60)55-21-19-51(66,28-55)49(65)54(9)44(30(3)4)46(62)52-39-24-32-22-34(25-35(59)23-32)33-17-18-40-36(26-33)37(45(56(40)11-2)41-15-12-16-43(61)58(41)31(5)6)27-50(7,8)29-67-48(64)38-14-13-20-57(53-38)47(39)63/h10,12,15-18,22-23,25-26,30-31,38-39,44,53,59,66H,1,11,13-14,19-21,24,27-29H2,2-9H3,(H,52,62)/t38-,39-,44-,51?/m0/s1. The minimum absolute atomic E-state index is 0.0296. The molecule has 16 heteroatoms. The van der Waals surface area contributed by atoms with Gasteiger partial charge in [-0.3, -0.25) is 33.8 Å². The molecule has 3 aliphatic heterocycles. The van der Waals surface area contributed by atoms with Crippen LogP contribution in [0.4, 0.5) is 0 Å². The number of phenols is 1. The van der Waals surface area contributed by atoms with Crippen LogP contribution >= 0.6 is 0 Å². The van der Waals surface area contributed by atoms with Crippen molar-refractivity contribution < 1.29 is 38.9 Å². The van der Waals surface area contributed by atoms with Gasteiger partial charge < -0.3 is 39.2 Å². The number of carbonyl (C=O) groups is 5. The summed E-state index contributed by atoms with van der Waals surface area (Å²) in [6.07, 6.45) is 2.34. The lowest BCUT2D eigenvalue weighted by Crippen LogP contribution is -2.63. The van der Waals surface area contributed by atoms with Crippen molar-refractivity contribution in [2.45, 2.75) is 117 Å². The summed E-state index contributed by atoms with van der Waals surface area (Å²) in [7, 11) is 1.42. The number of aromatic nitrogens is 2. The van der Waals surface area contributed by atoms with Gasteiger partial charge in [0.15, 0.2) is 5.60 Å². The van der Waals surface area contributed by atoms with Crippen LogP contribution in [0, 0.1) is 11.3 Å². The van der Waals surface area contributed by atoms with Gasteiger partial charge in [-0.25, -0.2) is 5.43 Å². The van der Waals surface area contributed by atoms with Crippen molar-refractivity contribution in [3.63, 3.8) is 0 Å². The Morgan fingerprint density at radius 3 is 2.46 bits per heavy atom. The number of β-amino-alcohol motifs (C(OH)–C–C–N with tert-alkyl or cyclic N) is 1. The molecule has 4 atom stereocenters. The Bertz CT molecular complexity index is 2670. The third kappa shape index (κ3) is 9.78. The van der Waals surface area contributed by atoms with Crippen molar-refractivity contribution in [2.75, 3.05) is 33.3 Å². The Hall–Kier alpha value is -6.26. The number of fused-ring (bicyclic) bond motifs is 6. The van der Waals surface area contributed by atoms with Gasteiger partial charge in [0.25, 0.3) is 17.4 Å². The van der Waals surface area contributed by atoms with Crippen LogP contribution in [0.15, 0.2) is 72.0 Å². The van der Waals surface area contributed by atoms with Crippen LogP contribution in [0.2, 0.25) is 0 Å². The minimum Gasteiger partial charge on any atom is -0.508 e. The van der Waals surface area contributed by atoms with Gasteiger partial charge in [-0.1, -0.05) is 52.5 Å². The number of hydrazine groups is 1. The highest BCUT2D eigenvalue weighted by Gasteiger charge is 2.48. The van der Waals surface area contributed by atoms with Crippen molar-refractivity contribution in [3.8, 4) is 28.3 Å². The Balaban J connectivity index is 1.32. The van der Waals surface area contributed by atoms with E-state index in [9.17, 15) is 39.0 Å². The molecular formula is C51H65N7O9. The highest BCUT2D eigenvalue weighted by Crippen LogP contribution is 2.41. The molecule has 2 fully saturated rings. The lowest BCUT2D eigenvalue weighted by Gasteiger charge is -2.37. The first-order chi connectivity index (χ1) is 31.7. The zero-order valence-corrected chi connectivity index (χ0v) is 39.9. The second kappa shape index (κ2) is 19.2. The molecule has 16 nitrogen and oxygen atoms in total. The van der Waals surface area contributed by atoms with E-state index in [0.29, 0.717) is 36.9 Å². The smallest absolute Gasteiger partial charge is 0.324 e. The Morgan fingerprint density at radius 1 is 1.03 bits per heavy atom. The Morgan fingerprint density at radius 2 is 1.78 bits per heavy atom. The molecule has 4 amide bonds. The molecule has 0 saturated carbocycles. The number of pyridine rings is 1. The Labute approximate surface area is 391 Å². The van der Waals surface area contributed by atoms with Gasteiger partial charge in [0.05, 0.1) is 24.5 Å². The van der Waals surface area contributed by atoms with E-state index >= 15 is 0 Å². The van der Waals surface area contributed by atoms with E-state index in [1.54, 1.807) is 36.6 Å². The van der Waals surface area contributed by atoms with Gasteiger partial charge in [0.1, 0.15) is 23.9 Å². The zero-order chi connectivity index (χ0) is 48.7. The number of aromatic hydroxyl groups is 1. The molecule has 4 N–H and O–H groups in total. The minimum atomic E-state index is -1.94. The van der Waals surface area contributed by atoms with Gasteiger partial charge in [-0.05, 0) is 105 Å². The summed E-state index contributed by atoms with van der Waals surface area (Å²) >= 11 is 0. The van der Waals surface area contributed by atoms with Crippen LogP contribution in [-0.2, 0) is 48.1 Å². The molecule has 7 rings (SSSR count). The summed E-state index contributed by atoms with van der Waals surface area (Å²) in [4.78, 5) is 85.4. The van der Waals surface area contributed by atoms with Gasteiger partial charge in [0.2, 0.25) is 11.8 Å². The number of likely N-dealkylation sites (tertiary alicyclic amines) is 1. The first kappa shape index (κ1) is 48.7.